The third kappa shape index (κ3) is 5.43. The maximum Gasteiger partial charge on any atom is 0.418 e. The number of thiazole rings is 1. The lowest BCUT2D eigenvalue weighted by atomic mass is 9.83. The highest BCUT2D eigenvalue weighted by Crippen LogP contribution is 2.54. The SMILES string of the molecule is O=C(Cn1c2c(sc1=O)C(c1ccccc1)C1C(=O)N(c3ccccc3C(F)(F)F)C(=O)C1S2)Nc1ccccc1C(F)(F)F. The Morgan fingerprint density at radius 3 is 2.04 bits per heavy atom. The van der Waals surface area contributed by atoms with Crippen LogP contribution >= 0.6 is 23.1 Å². The van der Waals surface area contributed by atoms with Crippen LogP contribution in [0.25, 0.3) is 0 Å². The second-order valence-corrected chi connectivity index (χ2v) is 12.3. The Balaban J connectivity index is 1.41. The number of hydrogen-bond acceptors (Lipinski definition) is 6. The molecule has 1 N–H and O–H groups in total. The summed E-state index contributed by atoms with van der Waals surface area (Å²) < 4.78 is 83.1. The number of imide groups is 1. The molecule has 2 aliphatic rings. The van der Waals surface area contributed by atoms with Gasteiger partial charge in [0.25, 0.3) is 0 Å². The van der Waals surface area contributed by atoms with Crippen molar-refractivity contribution in [2.45, 2.75) is 35.1 Å². The van der Waals surface area contributed by atoms with Gasteiger partial charge in [-0.2, -0.15) is 26.3 Å². The summed E-state index contributed by atoms with van der Waals surface area (Å²) in [6, 6.07) is 16.9. The third-order valence-electron chi connectivity index (χ3n) is 7.47. The Morgan fingerprint density at radius 1 is 0.778 bits per heavy atom. The van der Waals surface area contributed by atoms with Crippen molar-refractivity contribution in [2.24, 2.45) is 5.92 Å². The average Bonchev–Trinajstić information content (AvgIpc) is 3.43. The van der Waals surface area contributed by atoms with Gasteiger partial charge in [-0.3, -0.25) is 23.7 Å². The van der Waals surface area contributed by atoms with Gasteiger partial charge in [0.1, 0.15) is 11.8 Å². The normalized spacial score (nSPS) is 19.8. The molecule has 0 saturated carbocycles. The van der Waals surface area contributed by atoms with Crippen molar-refractivity contribution < 1.29 is 40.7 Å². The Kier molecular flexibility index (Phi) is 7.64. The summed E-state index contributed by atoms with van der Waals surface area (Å²) in [6.07, 6.45) is -9.63. The highest BCUT2D eigenvalue weighted by Gasteiger charge is 2.57. The highest BCUT2D eigenvalue weighted by molar-refractivity contribution is 8.00. The molecule has 0 aliphatic carbocycles. The predicted octanol–water partition coefficient (Wildman–Crippen LogP) is 6.38. The van der Waals surface area contributed by atoms with Crippen molar-refractivity contribution in [1.29, 1.82) is 0 Å². The minimum absolute atomic E-state index is 0.131. The molecular formula is C30H19F6N3O4S2. The van der Waals surface area contributed by atoms with E-state index < -0.39 is 81.1 Å². The van der Waals surface area contributed by atoms with Crippen LogP contribution in [-0.4, -0.2) is 27.5 Å². The standard InChI is InChI=1S/C30H19F6N3O4S2/c31-29(32,33)16-10-4-6-12-18(16)37-20(40)14-38-27-24(45-28(38)43)21(15-8-2-1-3-9-15)22-23(44-27)26(42)39(25(22)41)19-13-7-5-11-17(19)30(34,35)36/h1-13,21-23H,14H2,(H,37,40). The number of carbonyl (C=O) groups is 3. The van der Waals surface area contributed by atoms with Crippen LogP contribution in [0.2, 0.25) is 0 Å². The zero-order valence-electron chi connectivity index (χ0n) is 22.6. The van der Waals surface area contributed by atoms with Crippen LogP contribution < -0.4 is 15.1 Å². The largest absolute Gasteiger partial charge is 0.418 e. The fourth-order valence-electron chi connectivity index (χ4n) is 5.59. The van der Waals surface area contributed by atoms with Gasteiger partial charge in [-0.1, -0.05) is 77.7 Å². The molecule has 15 heteroatoms. The van der Waals surface area contributed by atoms with E-state index in [1.54, 1.807) is 30.3 Å². The second-order valence-electron chi connectivity index (χ2n) is 10.2. The van der Waals surface area contributed by atoms with Crippen molar-refractivity contribution in [3.63, 3.8) is 0 Å². The van der Waals surface area contributed by atoms with E-state index in [4.69, 9.17) is 0 Å². The smallest absolute Gasteiger partial charge is 0.324 e. The highest BCUT2D eigenvalue weighted by atomic mass is 32.2. The predicted molar refractivity (Wildman–Crippen MR) is 154 cm³/mol. The molecule has 232 valence electrons. The molecule has 3 aromatic carbocycles. The first kappa shape index (κ1) is 30.6. The number of hydrogen-bond donors (Lipinski definition) is 1. The number of nitrogens with zero attached hydrogens (tertiary/aromatic N) is 2. The second kappa shape index (κ2) is 11.2. The maximum absolute atomic E-state index is 13.9. The first-order valence-corrected chi connectivity index (χ1v) is 14.9. The van der Waals surface area contributed by atoms with Crippen LogP contribution in [0.15, 0.2) is 88.7 Å². The van der Waals surface area contributed by atoms with Crippen molar-refractivity contribution in [3.05, 3.63) is 110 Å². The van der Waals surface area contributed by atoms with Gasteiger partial charge < -0.3 is 5.32 Å². The van der Waals surface area contributed by atoms with E-state index in [2.05, 4.69) is 5.32 Å². The molecule has 45 heavy (non-hydrogen) atoms. The van der Waals surface area contributed by atoms with Crippen molar-refractivity contribution in [1.82, 2.24) is 4.57 Å². The van der Waals surface area contributed by atoms with Crippen molar-refractivity contribution in [3.8, 4) is 0 Å². The van der Waals surface area contributed by atoms with Crippen LogP contribution in [0.4, 0.5) is 37.7 Å². The number of amides is 3. The number of nitrogens with one attached hydrogen (secondary N) is 1. The number of aromatic nitrogens is 1. The monoisotopic (exact) mass is 663 g/mol. The molecule has 2 aliphatic heterocycles. The molecule has 4 aromatic rings. The molecule has 1 aromatic heterocycles. The number of anilines is 2. The number of para-hydroxylation sites is 2. The van der Waals surface area contributed by atoms with Crippen LogP contribution in [0.1, 0.15) is 27.5 Å². The number of benzene rings is 3. The van der Waals surface area contributed by atoms with Crippen LogP contribution in [-0.2, 0) is 33.3 Å². The summed E-state index contributed by atoms with van der Waals surface area (Å²) in [5, 5.41) is 1.06. The minimum Gasteiger partial charge on any atom is -0.324 e. The molecule has 7 nitrogen and oxygen atoms in total. The third-order valence-corrected chi connectivity index (χ3v) is 10.1. The fraction of sp³-hybridized carbons (Fsp3) is 0.200. The zero-order chi connectivity index (χ0) is 32.3. The Hall–Kier alpha value is -4.37. The molecule has 1 fully saturated rings. The Morgan fingerprint density at radius 2 is 1.38 bits per heavy atom. The zero-order valence-corrected chi connectivity index (χ0v) is 24.2. The van der Waals surface area contributed by atoms with E-state index in [9.17, 15) is 45.5 Å². The summed E-state index contributed by atoms with van der Waals surface area (Å²) in [7, 11) is 0. The number of rotatable bonds is 5. The van der Waals surface area contributed by atoms with E-state index in [1.165, 1.54) is 12.1 Å². The molecule has 3 amide bonds. The van der Waals surface area contributed by atoms with Crippen molar-refractivity contribution >= 4 is 52.2 Å². The maximum atomic E-state index is 13.9. The molecular weight excluding hydrogens is 644 g/mol. The summed E-state index contributed by atoms with van der Waals surface area (Å²) in [6.45, 7) is -0.717. The number of carbonyl (C=O) groups excluding carboxylic acids is 3. The lowest BCUT2D eigenvalue weighted by Gasteiger charge is -2.30. The number of thioether (sulfide) groups is 1. The van der Waals surface area contributed by atoms with E-state index in [1.807, 2.05) is 0 Å². The van der Waals surface area contributed by atoms with E-state index >= 15 is 0 Å². The Bertz CT molecular complexity index is 1890. The molecule has 3 atom stereocenters. The van der Waals surface area contributed by atoms with Crippen molar-refractivity contribution in [2.75, 3.05) is 10.2 Å². The van der Waals surface area contributed by atoms with Crippen LogP contribution in [0.3, 0.4) is 0 Å². The summed E-state index contributed by atoms with van der Waals surface area (Å²) in [5.74, 6) is -4.87. The van der Waals surface area contributed by atoms with Gasteiger partial charge in [-0.05, 0) is 29.8 Å². The fourth-order valence-corrected chi connectivity index (χ4v) is 8.37. The summed E-state index contributed by atoms with van der Waals surface area (Å²) in [5.41, 5.74) is -2.89. The number of fused-ring (bicyclic) bond motifs is 2. The van der Waals surface area contributed by atoms with Gasteiger partial charge in [0, 0.05) is 10.8 Å². The number of alkyl halides is 6. The Labute approximate surface area is 258 Å². The first-order chi connectivity index (χ1) is 21.3. The minimum atomic E-state index is -4.87. The van der Waals surface area contributed by atoms with Gasteiger partial charge >= 0.3 is 17.2 Å². The van der Waals surface area contributed by atoms with Gasteiger partial charge in [0.05, 0.1) is 33.4 Å². The van der Waals surface area contributed by atoms with E-state index in [-0.39, 0.29) is 5.03 Å². The van der Waals surface area contributed by atoms with Gasteiger partial charge in [-0.15, -0.1) is 0 Å². The quantitative estimate of drug-likeness (QED) is 0.198. The lowest BCUT2D eigenvalue weighted by molar-refractivity contribution is -0.138. The van der Waals surface area contributed by atoms with Crippen LogP contribution in [0, 0.1) is 5.92 Å². The first-order valence-electron chi connectivity index (χ1n) is 13.2. The van der Waals surface area contributed by atoms with Gasteiger partial charge in [-0.25, -0.2) is 4.90 Å². The molecule has 0 radical (unpaired) electrons. The molecule has 1 saturated heterocycles. The molecule has 3 unspecified atom stereocenters. The van der Waals surface area contributed by atoms with E-state index in [0.717, 1.165) is 52.7 Å². The number of halogens is 6. The van der Waals surface area contributed by atoms with Crippen LogP contribution in [0.5, 0.6) is 0 Å². The molecule has 0 bridgehead atoms. The van der Waals surface area contributed by atoms with E-state index in [0.29, 0.717) is 26.7 Å². The van der Waals surface area contributed by atoms with Gasteiger partial charge in [0.2, 0.25) is 17.7 Å². The molecule has 3 heterocycles. The summed E-state index contributed by atoms with van der Waals surface area (Å²) in [4.78, 5) is 54.1. The average molecular weight is 664 g/mol. The molecule has 6 rings (SSSR count). The topological polar surface area (TPSA) is 88.5 Å². The van der Waals surface area contributed by atoms with Gasteiger partial charge in [0.15, 0.2) is 0 Å². The lowest BCUT2D eigenvalue weighted by Crippen LogP contribution is -2.33. The summed E-state index contributed by atoms with van der Waals surface area (Å²) >= 11 is 1.47. The molecule has 0 spiro atoms.